The van der Waals surface area contributed by atoms with Crippen LogP contribution in [-0.2, 0) is 16.1 Å². The third kappa shape index (κ3) is 4.89. The van der Waals surface area contributed by atoms with Crippen molar-refractivity contribution in [2.24, 2.45) is 0 Å². The summed E-state index contributed by atoms with van der Waals surface area (Å²) in [6, 6.07) is 18.8. The van der Waals surface area contributed by atoms with E-state index in [-0.39, 0.29) is 18.3 Å². The third-order valence-corrected chi connectivity index (χ3v) is 4.87. The Morgan fingerprint density at radius 1 is 1.03 bits per heavy atom. The second-order valence-corrected chi connectivity index (χ2v) is 6.79. The molecule has 1 aromatic heterocycles. The first kappa shape index (κ1) is 21.2. The maximum absolute atomic E-state index is 12.5. The van der Waals surface area contributed by atoms with E-state index in [9.17, 15) is 9.59 Å². The lowest BCUT2D eigenvalue weighted by Crippen LogP contribution is -2.16. The fourth-order valence-corrected chi connectivity index (χ4v) is 3.31. The molecule has 0 spiro atoms. The van der Waals surface area contributed by atoms with Gasteiger partial charge in [0.15, 0.2) is 0 Å². The van der Waals surface area contributed by atoms with E-state index in [1.165, 1.54) is 0 Å². The van der Waals surface area contributed by atoms with Crippen LogP contribution in [0.1, 0.15) is 29.4 Å². The molecule has 0 fully saturated rings. The molecule has 156 valence electrons. The number of esters is 1. The number of anilines is 1. The quantitative estimate of drug-likeness (QED) is 0.552. The molecule has 6 heteroatoms. The molecule has 6 nitrogen and oxygen atoms in total. The number of carbonyl (C=O) groups is 2. The Morgan fingerprint density at radius 2 is 1.73 bits per heavy atom. The molecule has 30 heavy (non-hydrogen) atoms. The van der Waals surface area contributed by atoms with E-state index in [0.717, 1.165) is 22.7 Å². The molecule has 1 heterocycles. The summed E-state index contributed by atoms with van der Waals surface area (Å²) < 4.78 is 12.3. The van der Waals surface area contributed by atoms with Gasteiger partial charge in [0.05, 0.1) is 19.3 Å². The van der Waals surface area contributed by atoms with Gasteiger partial charge in [0.2, 0.25) is 5.91 Å². The van der Waals surface area contributed by atoms with Gasteiger partial charge in [0.25, 0.3) is 0 Å². The van der Waals surface area contributed by atoms with Crippen molar-refractivity contribution in [2.75, 3.05) is 19.0 Å². The average Bonchev–Trinajstić information content (AvgIpc) is 3.10. The molecule has 1 N–H and O–H groups in total. The molecule has 0 aliphatic carbocycles. The van der Waals surface area contributed by atoms with E-state index in [1.54, 1.807) is 38.3 Å². The summed E-state index contributed by atoms with van der Waals surface area (Å²) in [7, 11) is 1.60. The zero-order valence-electron chi connectivity index (χ0n) is 17.5. The van der Waals surface area contributed by atoms with E-state index in [2.05, 4.69) is 5.32 Å². The van der Waals surface area contributed by atoms with E-state index in [0.29, 0.717) is 24.4 Å². The molecule has 1 amide bonds. The highest BCUT2D eigenvalue weighted by Crippen LogP contribution is 2.27. The molecule has 2 aromatic carbocycles. The molecule has 3 aromatic rings. The van der Waals surface area contributed by atoms with Crippen molar-refractivity contribution in [3.63, 3.8) is 0 Å². The van der Waals surface area contributed by atoms with Crippen LogP contribution in [0.5, 0.6) is 5.75 Å². The Bertz CT molecular complexity index is 1010. The summed E-state index contributed by atoms with van der Waals surface area (Å²) in [6.45, 7) is 4.41. The average molecular weight is 406 g/mol. The number of carbonyl (C=O) groups excluding carboxylic acids is 2. The lowest BCUT2D eigenvalue weighted by molar-refractivity contribution is -0.116. The summed E-state index contributed by atoms with van der Waals surface area (Å²) in [4.78, 5) is 24.9. The summed E-state index contributed by atoms with van der Waals surface area (Å²) in [5, 5.41) is 2.89. The summed E-state index contributed by atoms with van der Waals surface area (Å²) in [5.41, 5.74) is 3.87. The smallest absolute Gasteiger partial charge is 0.339 e. The van der Waals surface area contributed by atoms with Gasteiger partial charge in [-0.25, -0.2) is 4.79 Å². The van der Waals surface area contributed by atoms with Gasteiger partial charge in [-0.05, 0) is 49.7 Å². The maximum Gasteiger partial charge on any atom is 0.339 e. The van der Waals surface area contributed by atoms with Gasteiger partial charge in [-0.3, -0.25) is 4.79 Å². The van der Waals surface area contributed by atoms with Gasteiger partial charge in [-0.1, -0.05) is 30.3 Å². The Labute approximate surface area is 176 Å². The van der Waals surface area contributed by atoms with Crippen LogP contribution in [0.25, 0.3) is 11.3 Å². The fourth-order valence-electron chi connectivity index (χ4n) is 3.31. The largest absolute Gasteiger partial charge is 0.497 e. The van der Waals surface area contributed by atoms with Crippen LogP contribution in [0.3, 0.4) is 0 Å². The van der Waals surface area contributed by atoms with Gasteiger partial charge in [-0.15, -0.1) is 0 Å². The molecular formula is C24H26N2O4. The van der Waals surface area contributed by atoms with Crippen LogP contribution in [0.2, 0.25) is 0 Å². The molecular weight excluding hydrogens is 380 g/mol. The molecule has 0 saturated heterocycles. The molecule has 0 saturated carbocycles. The van der Waals surface area contributed by atoms with Crippen LogP contribution in [0.4, 0.5) is 5.69 Å². The molecule has 0 radical (unpaired) electrons. The van der Waals surface area contributed by atoms with Crippen molar-refractivity contribution in [1.82, 2.24) is 4.57 Å². The Balaban J connectivity index is 1.79. The van der Waals surface area contributed by atoms with Crippen molar-refractivity contribution >= 4 is 17.6 Å². The number of methoxy groups -OCH3 is 1. The van der Waals surface area contributed by atoms with Crippen LogP contribution >= 0.6 is 0 Å². The van der Waals surface area contributed by atoms with Crippen LogP contribution < -0.4 is 10.1 Å². The minimum Gasteiger partial charge on any atom is -0.497 e. The van der Waals surface area contributed by atoms with Crippen molar-refractivity contribution in [3.8, 4) is 17.0 Å². The first-order valence-electron chi connectivity index (χ1n) is 9.90. The van der Waals surface area contributed by atoms with Gasteiger partial charge in [0, 0.05) is 30.0 Å². The highest BCUT2D eigenvalue weighted by molar-refractivity contribution is 5.93. The molecule has 0 aliphatic rings. The standard InChI is InChI=1S/C24H26N2O4/c1-4-30-24(28)21-16-22(18-8-6-5-7-9-18)26(17(21)2)15-14-23(27)25-19-10-12-20(29-3)13-11-19/h5-13,16H,4,14-15H2,1-3H3,(H,25,27). The first-order valence-corrected chi connectivity index (χ1v) is 9.90. The van der Waals surface area contributed by atoms with Crippen molar-refractivity contribution < 1.29 is 19.1 Å². The van der Waals surface area contributed by atoms with Crippen molar-refractivity contribution in [3.05, 3.63) is 71.9 Å². The lowest BCUT2D eigenvalue weighted by atomic mass is 10.1. The van der Waals surface area contributed by atoms with Crippen molar-refractivity contribution in [2.45, 2.75) is 26.8 Å². The topological polar surface area (TPSA) is 69.6 Å². The molecule has 0 unspecified atom stereocenters. The highest BCUT2D eigenvalue weighted by atomic mass is 16.5. The van der Waals surface area contributed by atoms with Gasteiger partial charge in [-0.2, -0.15) is 0 Å². The number of ether oxygens (including phenoxy) is 2. The second kappa shape index (κ2) is 9.78. The number of rotatable bonds is 8. The third-order valence-electron chi connectivity index (χ3n) is 4.87. The minimum absolute atomic E-state index is 0.107. The molecule has 3 rings (SSSR count). The molecule has 0 aliphatic heterocycles. The summed E-state index contributed by atoms with van der Waals surface area (Å²) in [5.74, 6) is 0.272. The number of nitrogens with one attached hydrogen (secondary N) is 1. The van der Waals surface area contributed by atoms with Crippen LogP contribution in [0, 0.1) is 6.92 Å². The predicted octanol–water partition coefficient (Wildman–Crippen LogP) is 4.68. The second-order valence-electron chi connectivity index (χ2n) is 6.79. The van der Waals surface area contributed by atoms with Gasteiger partial charge in [0.1, 0.15) is 5.75 Å². The minimum atomic E-state index is -0.353. The number of amides is 1. The van der Waals surface area contributed by atoms with E-state index < -0.39 is 0 Å². The highest BCUT2D eigenvalue weighted by Gasteiger charge is 2.20. The number of aromatic nitrogens is 1. The molecule has 0 bridgehead atoms. The van der Waals surface area contributed by atoms with Gasteiger partial charge >= 0.3 is 5.97 Å². The van der Waals surface area contributed by atoms with Crippen molar-refractivity contribution in [1.29, 1.82) is 0 Å². The number of hydrogen-bond acceptors (Lipinski definition) is 4. The van der Waals surface area contributed by atoms with Gasteiger partial charge < -0.3 is 19.4 Å². The van der Waals surface area contributed by atoms with E-state index in [1.807, 2.05) is 47.9 Å². The normalized spacial score (nSPS) is 10.5. The summed E-state index contributed by atoms with van der Waals surface area (Å²) in [6.07, 6.45) is 0.268. The lowest BCUT2D eigenvalue weighted by Gasteiger charge is -2.12. The zero-order valence-corrected chi connectivity index (χ0v) is 17.5. The Kier molecular flexibility index (Phi) is 6.91. The maximum atomic E-state index is 12.5. The van der Waals surface area contributed by atoms with Crippen LogP contribution in [-0.4, -0.2) is 30.2 Å². The Hall–Kier alpha value is -3.54. The van der Waals surface area contributed by atoms with Crippen LogP contribution in [0.15, 0.2) is 60.7 Å². The molecule has 0 atom stereocenters. The first-order chi connectivity index (χ1) is 14.5. The van der Waals surface area contributed by atoms with E-state index in [4.69, 9.17) is 9.47 Å². The fraction of sp³-hybridized carbons (Fsp3) is 0.250. The number of nitrogens with zero attached hydrogens (tertiary/aromatic N) is 1. The Morgan fingerprint density at radius 3 is 2.37 bits per heavy atom. The SMILES string of the molecule is CCOC(=O)c1cc(-c2ccccc2)n(CCC(=O)Nc2ccc(OC)cc2)c1C. The zero-order chi connectivity index (χ0) is 21.5. The number of benzene rings is 2. The monoisotopic (exact) mass is 406 g/mol. The number of hydrogen-bond donors (Lipinski definition) is 1. The van der Waals surface area contributed by atoms with E-state index >= 15 is 0 Å². The predicted molar refractivity (Wildman–Crippen MR) is 117 cm³/mol. The summed E-state index contributed by atoms with van der Waals surface area (Å²) >= 11 is 0.